The third-order valence-corrected chi connectivity index (χ3v) is 2.91. The molecule has 0 aliphatic rings. The SMILES string of the molecule is C=CC(C)c1cccc(OC(F)(F)F)c1Br. The maximum absolute atomic E-state index is 12.1. The molecule has 5 heteroatoms. The van der Waals surface area contributed by atoms with Crippen molar-refractivity contribution >= 4 is 15.9 Å². The van der Waals surface area contributed by atoms with Gasteiger partial charge in [0.1, 0.15) is 5.75 Å². The topological polar surface area (TPSA) is 9.23 Å². The van der Waals surface area contributed by atoms with Crippen molar-refractivity contribution < 1.29 is 17.9 Å². The van der Waals surface area contributed by atoms with Crippen molar-refractivity contribution in [3.63, 3.8) is 0 Å². The van der Waals surface area contributed by atoms with Crippen LogP contribution in [0.2, 0.25) is 0 Å². The van der Waals surface area contributed by atoms with Crippen LogP contribution in [0.5, 0.6) is 5.75 Å². The van der Waals surface area contributed by atoms with Crippen LogP contribution in [-0.4, -0.2) is 6.36 Å². The first-order valence-corrected chi connectivity index (χ1v) is 5.31. The molecule has 0 amide bonds. The number of ether oxygens (including phenoxy) is 1. The lowest BCUT2D eigenvalue weighted by molar-refractivity contribution is -0.274. The lowest BCUT2D eigenvalue weighted by atomic mass is 10.0. The first-order valence-electron chi connectivity index (χ1n) is 4.52. The molecule has 0 fully saturated rings. The summed E-state index contributed by atoms with van der Waals surface area (Å²) in [6, 6.07) is 4.50. The van der Waals surface area contributed by atoms with Gasteiger partial charge in [-0.2, -0.15) is 0 Å². The van der Waals surface area contributed by atoms with E-state index in [0.29, 0.717) is 10.0 Å². The van der Waals surface area contributed by atoms with Crippen LogP contribution < -0.4 is 4.74 Å². The molecule has 1 aromatic carbocycles. The smallest absolute Gasteiger partial charge is 0.405 e. The van der Waals surface area contributed by atoms with E-state index in [4.69, 9.17) is 0 Å². The van der Waals surface area contributed by atoms with Gasteiger partial charge >= 0.3 is 6.36 Å². The van der Waals surface area contributed by atoms with E-state index in [2.05, 4.69) is 27.2 Å². The summed E-state index contributed by atoms with van der Waals surface area (Å²) < 4.78 is 40.4. The van der Waals surface area contributed by atoms with Gasteiger partial charge in [-0.25, -0.2) is 0 Å². The monoisotopic (exact) mass is 294 g/mol. The molecule has 0 radical (unpaired) electrons. The summed E-state index contributed by atoms with van der Waals surface area (Å²) in [6.45, 7) is 5.44. The predicted octanol–water partition coefficient (Wildman–Crippen LogP) is 4.64. The molecule has 0 bridgehead atoms. The highest BCUT2D eigenvalue weighted by Gasteiger charge is 2.32. The fourth-order valence-electron chi connectivity index (χ4n) is 1.21. The summed E-state index contributed by atoms with van der Waals surface area (Å²) in [6.07, 6.45) is -3.03. The molecule has 0 aromatic heterocycles. The Bertz CT molecular complexity index is 387. The van der Waals surface area contributed by atoms with Crippen LogP contribution in [-0.2, 0) is 0 Å². The minimum absolute atomic E-state index is 0.0499. The summed E-state index contributed by atoms with van der Waals surface area (Å²) in [7, 11) is 0. The molecule has 1 rings (SSSR count). The molecule has 1 atom stereocenters. The van der Waals surface area contributed by atoms with Gasteiger partial charge in [0.05, 0.1) is 4.47 Å². The molecular formula is C11H10BrF3O. The second-order valence-electron chi connectivity index (χ2n) is 3.23. The predicted molar refractivity (Wildman–Crippen MR) is 59.4 cm³/mol. The van der Waals surface area contributed by atoms with E-state index in [0.717, 1.165) is 0 Å². The van der Waals surface area contributed by atoms with Gasteiger partial charge in [-0.05, 0) is 33.5 Å². The summed E-state index contributed by atoms with van der Waals surface area (Å²) >= 11 is 3.10. The Labute approximate surface area is 100 Å². The number of halogens is 4. The normalized spacial score (nSPS) is 13.3. The molecule has 1 unspecified atom stereocenters. The van der Waals surface area contributed by atoms with Crippen molar-refractivity contribution in [2.45, 2.75) is 19.2 Å². The van der Waals surface area contributed by atoms with Crippen molar-refractivity contribution in [3.8, 4) is 5.75 Å². The molecule has 1 aromatic rings. The Kier molecular flexibility index (Phi) is 4.02. The van der Waals surface area contributed by atoms with Gasteiger partial charge in [0.25, 0.3) is 0 Å². The van der Waals surface area contributed by atoms with Gasteiger partial charge in [-0.3, -0.25) is 0 Å². The largest absolute Gasteiger partial charge is 0.573 e. The third kappa shape index (κ3) is 3.27. The van der Waals surface area contributed by atoms with Gasteiger partial charge in [-0.15, -0.1) is 19.8 Å². The van der Waals surface area contributed by atoms with Gasteiger partial charge in [0, 0.05) is 0 Å². The van der Waals surface area contributed by atoms with E-state index in [1.807, 2.05) is 6.92 Å². The zero-order valence-corrected chi connectivity index (χ0v) is 10.1. The van der Waals surface area contributed by atoms with Crippen LogP contribution in [0.1, 0.15) is 18.4 Å². The first kappa shape index (κ1) is 13.1. The maximum Gasteiger partial charge on any atom is 0.573 e. The molecule has 0 aliphatic heterocycles. The van der Waals surface area contributed by atoms with E-state index in [-0.39, 0.29) is 11.7 Å². The van der Waals surface area contributed by atoms with E-state index in [1.54, 1.807) is 12.1 Å². The molecule has 0 heterocycles. The molecule has 1 nitrogen and oxygen atoms in total. The second-order valence-corrected chi connectivity index (χ2v) is 4.02. The Morgan fingerprint density at radius 1 is 1.44 bits per heavy atom. The van der Waals surface area contributed by atoms with Gasteiger partial charge in [0.2, 0.25) is 0 Å². The number of allylic oxidation sites excluding steroid dienone is 1. The van der Waals surface area contributed by atoms with Crippen LogP contribution in [0.15, 0.2) is 35.3 Å². The lowest BCUT2D eigenvalue weighted by Gasteiger charge is -2.15. The Balaban J connectivity index is 3.09. The maximum atomic E-state index is 12.1. The van der Waals surface area contributed by atoms with Crippen LogP contribution in [0.4, 0.5) is 13.2 Å². The Morgan fingerprint density at radius 2 is 2.06 bits per heavy atom. The second kappa shape index (κ2) is 4.91. The quantitative estimate of drug-likeness (QED) is 0.738. The summed E-state index contributed by atoms with van der Waals surface area (Å²) in [5, 5.41) is 0. The highest BCUT2D eigenvalue weighted by atomic mass is 79.9. The van der Waals surface area contributed by atoms with E-state index >= 15 is 0 Å². The van der Waals surface area contributed by atoms with Crippen LogP contribution in [0, 0.1) is 0 Å². The summed E-state index contributed by atoms with van der Waals surface area (Å²) in [5.74, 6) is -0.287. The zero-order valence-electron chi connectivity index (χ0n) is 8.51. The fraction of sp³-hybridized carbons (Fsp3) is 0.273. The van der Waals surface area contributed by atoms with Gasteiger partial charge < -0.3 is 4.74 Å². The van der Waals surface area contributed by atoms with Crippen LogP contribution >= 0.6 is 15.9 Å². The summed E-state index contributed by atoms with van der Waals surface area (Å²) in [5.41, 5.74) is 0.705. The standard InChI is InChI=1S/C11H10BrF3O/c1-3-7(2)8-5-4-6-9(10(8)12)16-11(13,14)15/h3-7H,1H2,2H3. The van der Waals surface area contributed by atoms with Crippen LogP contribution in [0.3, 0.4) is 0 Å². The van der Waals surface area contributed by atoms with E-state index in [1.165, 1.54) is 12.1 Å². The first-order chi connectivity index (χ1) is 7.35. The van der Waals surface area contributed by atoms with Crippen molar-refractivity contribution in [2.24, 2.45) is 0 Å². The number of rotatable bonds is 3. The van der Waals surface area contributed by atoms with Crippen molar-refractivity contribution in [2.75, 3.05) is 0 Å². The minimum atomic E-state index is -4.68. The molecule has 0 N–H and O–H groups in total. The third-order valence-electron chi connectivity index (χ3n) is 2.06. The Morgan fingerprint density at radius 3 is 2.56 bits per heavy atom. The number of benzene rings is 1. The fourth-order valence-corrected chi connectivity index (χ4v) is 1.92. The average Bonchev–Trinajstić information content (AvgIpc) is 2.18. The molecular weight excluding hydrogens is 285 g/mol. The molecule has 16 heavy (non-hydrogen) atoms. The zero-order chi connectivity index (χ0) is 12.3. The highest BCUT2D eigenvalue weighted by molar-refractivity contribution is 9.10. The number of hydrogen-bond acceptors (Lipinski definition) is 1. The van der Waals surface area contributed by atoms with Crippen molar-refractivity contribution in [1.29, 1.82) is 0 Å². The molecule has 0 aliphatic carbocycles. The minimum Gasteiger partial charge on any atom is -0.405 e. The number of alkyl halides is 3. The highest BCUT2D eigenvalue weighted by Crippen LogP contribution is 2.36. The summed E-state index contributed by atoms with van der Waals surface area (Å²) in [4.78, 5) is 0. The molecule has 0 spiro atoms. The van der Waals surface area contributed by atoms with Gasteiger partial charge in [-0.1, -0.05) is 25.1 Å². The van der Waals surface area contributed by atoms with Gasteiger partial charge in [0.15, 0.2) is 0 Å². The Hall–Kier alpha value is -0.970. The lowest BCUT2D eigenvalue weighted by Crippen LogP contribution is -2.17. The number of hydrogen-bond donors (Lipinski definition) is 0. The van der Waals surface area contributed by atoms with Crippen molar-refractivity contribution in [1.82, 2.24) is 0 Å². The average molecular weight is 295 g/mol. The van der Waals surface area contributed by atoms with E-state index in [9.17, 15) is 13.2 Å². The van der Waals surface area contributed by atoms with Crippen LogP contribution in [0.25, 0.3) is 0 Å². The van der Waals surface area contributed by atoms with Crippen molar-refractivity contribution in [3.05, 3.63) is 40.9 Å². The van der Waals surface area contributed by atoms with E-state index < -0.39 is 6.36 Å². The molecule has 0 saturated carbocycles. The molecule has 88 valence electrons. The molecule has 0 saturated heterocycles.